The smallest absolute Gasteiger partial charge is 0.238 e. The van der Waals surface area contributed by atoms with Crippen molar-refractivity contribution in [3.63, 3.8) is 0 Å². The summed E-state index contributed by atoms with van der Waals surface area (Å²) in [5, 5.41) is 2.91. The first-order valence-corrected chi connectivity index (χ1v) is 7.17. The second kappa shape index (κ2) is 7.02. The van der Waals surface area contributed by atoms with Gasteiger partial charge in [-0.25, -0.2) is 4.39 Å². The number of hydrogen-bond acceptors (Lipinski definition) is 3. The highest BCUT2D eigenvalue weighted by atomic mass is 35.5. The molecule has 1 saturated heterocycles. The Morgan fingerprint density at radius 3 is 3.00 bits per heavy atom. The van der Waals surface area contributed by atoms with Gasteiger partial charge in [0.2, 0.25) is 5.91 Å². The number of amides is 1. The van der Waals surface area contributed by atoms with Crippen LogP contribution in [0.3, 0.4) is 0 Å². The molecular formula is C14H19ClFN3O. The van der Waals surface area contributed by atoms with Crippen LogP contribution in [0.1, 0.15) is 19.3 Å². The molecule has 1 aliphatic rings. The van der Waals surface area contributed by atoms with Crippen molar-refractivity contribution in [3.8, 4) is 0 Å². The molecule has 1 atom stereocenters. The Morgan fingerprint density at radius 1 is 1.50 bits per heavy atom. The van der Waals surface area contributed by atoms with Crippen LogP contribution in [0.25, 0.3) is 0 Å². The van der Waals surface area contributed by atoms with Gasteiger partial charge in [0.05, 0.1) is 17.3 Å². The van der Waals surface area contributed by atoms with Crippen LogP contribution in [0, 0.1) is 5.82 Å². The van der Waals surface area contributed by atoms with Crippen molar-refractivity contribution >= 4 is 23.2 Å². The quantitative estimate of drug-likeness (QED) is 0.896. The Bertz CT molecular complexity index is 483. The van der Waals surface area contributed by atoms with Crippen molar-refractivity contribution in [3.05, 3.63) is 29.0 Å². The molecule has 6 heteroatoms. The van der Waals surface area contributed by atoms with Gasteiger partial charge in [-0.15, -0.1) is 0 Å². The summed E-state index contributed by atoms with van der Waals surface area (Å²) < 4.78 is 12.9. The fraction of sp³-hybridized carbons (Fsp3) is 0.500. The number of halogens is 2. The molecule has 1 fully saturated rings. The van der Waals surface area contributed by atoms with Crippen molar-refractivity contribution in [2.75, 3.05) is 25.0 Å². The SMILES string of the molecule is NCC1CCCCN1CC(=O)Nc1ccc(F)cc1Cl. The first kappa shape index (κ1) is 15.2. The molecule has 20 heavy (non-hydrogen) atoms. The maximum atomic E-state index is 12.9. The molecule has 1 aromatic carbocycles. The summed E-state index contributed by atoms with van der Waals surface area (Å²) in [5.41, 5.74) is 6.16. The van der Waals surface area contributed by atoms with Crippen LogP contribution in [-0.4, -0.2) is 36.5 Å². The van der Waals surface area contributed by atoms with Crippen LogP contribution in [-0.2, 0) is 4.79 Å². The minimum Gasteiger partial charge on any atom is -0.329 e. The summed E-state index contributed by atoms with van der Waals surface area (Å²) in [5.74, 6) is -0.578. The molecule has 1 amide bonds. The van der Waals surface area contributed by atoms with E-state index in [9.17, 15) is 9.18 Å². The number of carbonyl (C=O) groups excluding carboxylic acids is 1. The van der Waals surface area contributed by atoms with E-state index in [0.717, 1.165) is 25.8 Å². The normalized spacial score (nSPS) is 19.9. The number of anilines is 1. The third-order valence-corrected chi connectivity index (χ3v) is 3.89. The predicted octanol–water partition coefficient (Wildman–Crippen LogP) is 2.23. The summed E-state index contributed by atoms with van der Waals surface area (Å²) >= 11 is 5.88. The number of hydrogen-bond donors (Lipinski definition) is 2. The van der Waals surface area contributed by atoms with Crippen molar-refractivity contribution in [2.45, 2.75) is 25.3 Å². The molecular weight excluding hydrogens is 281 g/mol. The van der Waals surface area contributed by atoms with Gasteiger partial charge in [-0.3, -0.25) is 9.69 Å². The zero-order valence-corrected chi connectivity index (χ0v) is 12.0. The highest BCUT2D eigenvalue weighted by molar-refractivity contribution is 6.33. The lowest BCUT2D eigenvalue weighted by molar-refractivity contribution is -0.118. The van der Waals surface area contributed by atoms with E-state index >= 15 is 0 Å². The van der Waals surface area contributed by atoms with Gasteiger partial charge < -0.3 is 11.1 Å². The second-order valence-electron chi connectivity index (χ2n) is 5.03. The third kappa shape index (κ3) is 3.91. The second-order valence-corrected chi connectivity index (χ2v) is 5.44. The van der Waals surface area contributed by atoms with Crippen LogP contribution in [0.15, 0.2) is 18.2 Å². The van der Waals surface area contributed by atoms with Crippen molar-refractivity contribution < 1.29 is 9.18 Å². The van der Waals surface area contributed by atoms with E-state index in [1.165, 1.54) is 18.2 Å². The summed E-state index contributed by atoms with van der Waals surface area (Å²) in [6, 6.07) is 4.18. The van der Waals surface area contributed by atoms with Gasteiger partial charge in [0.1, 0.15) is 5.82 Å². The molecule has 0 aliphatic carbocycles. The number of benzene rings is 1. The van der Waals surface area contributed by atoms with Crippen LogP contribution < -0.4 is 11.1 Å². The van der Waals surface area contributed by atoms with Gasteiger partial charge in [-0.05, 0) is 37.6 Å². The first-order valence-electron chi connectivity index (χ1n) is 6.79. The molecule has 1 aromatic rings. The molecule has 3 N–H and O–H groups in total. The molecule has 0 aromatic heterocycles. The van der Waals surface area contributed by atoms with Gasteiger partial charge in [0.25, 0.3) is 0 Å². The molecule has 0 spiro atoms. The van der Waals surface area contributed by atoms with E-state index in [4.69, 9.17) is 17.3 Å². The lowest BCUT2D eigenvalue weighted by atomic mass is 10.0. The Labute approximate surface area is 123 Å². The summed E-state index contributed by atoms with van der Waals surface area (Å²) in [6.45, 7) is 1.73. The van der Waals surface area contributed by atoms with E-state index in [1.807, 2.05) is 0 Å². The zero-order valence-electron chi connectivity index (χ0n) is 11.2. The number of nitrogens with one attached hydrogen (secondary N) is 1. The molecule has 110 valence electrons. The molecule has 1 aliphatic heterocycles. The average molecular weight is 300 g/mol. The summed E-state index contributed by atoms with van der Waals surface area (Å²) in [7, 11) is 0. The Morgan fingerprint density at radius 2 is 2.30 bits per heavy atom. The van der Waals surface area contributed by atoms with Crippen LogP contribution in [0.4, 0.5) is 10.1 Å². The van der Waals surface area contributed by atoms with Crippen LogP contribution >= 0.6 is 11.6 Å². The molecule has 2 rings (SSSR count). The van der Waals surface area contributed by atoms with E-state index in [-0.39, 0.29) is 23.5 Å². The monoisotopic (exact) mass is 299 g/mol. The van der Waals surface area contributed by atoms with Gasteiger partial charge in [0.15, 0.2) is 0 Å². The molecule has 1 heterocycles. The summed E-state index contributed by atoms with van der Waals surface area (Å²) in [4.78, 5) is 14.1. The first-order chi connectivity index (χ1) is 9.60. The maximum Gasteiger partial charge on any atom is 0.238 e. The largest absolute Gasteiger partial charge is 0.329 e. The standard InChI is InChI=1S/C14H19ClFN3O/c15-12-7-10(16)4-5-13(12)18-14(20)9-19-6-2-1-3-11(19)8-17/h4-5,7,11H,1-3,6,8-9,17H2,(H,18,20). The molecule has 4 nitrogen and oxygen atoms in total. The fourth-order valence-electron chi connectivity index (χ4n) is 2.50. The number of carbonyl (C=O) groups is 1. The van der Waals surface area contributed by atoms with E-state index < -0.39 is 5.82 Å². The molecule has 1 unspecified atom stereocenters. The third-order valence-electron chi connectivity index (χ3n) is 3.57. The highest BCUT2D eigenvalue weighted by Crippen LogP contribution is 2.22. The predicted molar refractivity (Wildman–Crippen MR) is 78.3 cm³/mol. The Hall–Kier alpha value is -1.17. The summed E-state index contributed by atoms with van der Waals surface area (Å²) in [6.07, 6.45) is 3.27. The number of rotatable bonds is 4. The maximum absolute atomic E-state index is 12.9. The van der Waals surface area contributed by atoms with E-state index in [1.54, 1.807) is 0 Å². The number of nitrogens with two attached hydrogens (primary N) is 1. The van der Waals surface area contributed by atoms with Crippen LogP contribution in [0.2, 0.25) is 5.02 Å². The van der Waals surface area contributed by atoms with Gasteiger partial charge in [-0.2, -0.15) is 0 Å². The number of nitrogens with zero attached hydrogens (tertiary/aromatic N) is 1. The minimum absolute atomic E-state index is 0.154. The lowest BCUT2D eigenvalue weighted by Crippen LogP contribution is -2.47. The topological polar surface area (TPSA) is 58.4 Å². The Kier molecular flexibility index (Phi) is 5.34. The Balaban J connectivity index is 1.94. The number of piperidine rings is 1. The van der Waals surface area contributed by atoms with Gasteiger partial charge in [0, 0.05) is 12.6 Å². The lowest BCUT2D eigenvalue weighted by Gasteiger charge is -2.34. The number of likely N-dealkylation sites (tertiary alicyclic amines) is 1. The van der Waals surface area contributed by atoms with E-state index in [2.05, 4.69) is 10.2 Å². The van der Waals surface area contributed by atoms with Crippen molar-refractivity contribution in [1.29, 1.82) is 0 Å². The van der Waals surface area contributed by atoms with Gasteiger partial charge in [-0.1, -0.05) is 18.0 Å². The van der Waals surface area contributed by atoms with Crippen molar-refractivity contribution in [2.24, 2.45) is 5.73 Å². The van der Waals surface area contributed by atoms with Gasteiger partial charge >= 0.3 is 0 Å². The average Bonchev–Trinajstić information content (AvgIpc) is 2.42. The fourth-order valence-corrected chi connectivity index (χ4v) is 2.71. The highest BCUT2D eigenvalue weighted by Gasteiger charge is 2.23. The van der Waals surface area contributed by atoms with Crippen LogP contribution in [0.5, 0.6) is 0 Å². The zero-order chi connectivity index (χ0) is 14.5. The molecule has 0 bridgehead atoms. The molecule has 0 saturated carbocycles. The molecule has 0 radical (unpaired) electrons. The van der Waals surface area contributed by atoms with E-state index in [0.29, 0.717) is 12.2 Å². The minimum atomic E-state index is -0.424. The van der Waals surface area contributed by atoms with Crippen molar-refractivity contribution in [1.82, 2.24) is 4.90 Å².